The summed E-state index contributed by atoms with van der Waals surface area (Å²) in [6.07, 6.45) is 2.62. The lowest BCUT2D eigenvalue weighted by Crippen LogP contribution is -2.20. The van der Waals surface area contributed by atoms with E-state index in [1.54, 1.807) is 0 Å². The maximum atomic E-state index is 3.61. The number of nitrogens with one attached hydrogen (secondary N) is 1. The van der Waals surface area contributed by atoms with E-state index in [-0.39, 0.29) is 0 Å². The predicted molar refractivity (Wildman–Crippen MR) is 65.0 cm³/mol. The monoisotopic (exact) mass is 203 g/mol. The molecule has 0 aliphatic heterocycles. The van der Waals surface area contributed by atoms with E-state index in [2.05, 4.69) is 49.5 Å². The minimum Gasteiger partial charge on any atom is -0.314 e. The molecule has 0 heterocycles. The van der Waals surface area contributed by atoms with E-state index in [4.69, 9.17) is 0 Å². The molecule has 15 heavy (non-hydrogen) atoms. The molecule has 3 atom stereocenters. The molecule has 0 aromatic heterocycles. The van der Waals surface area contributed by atoms with Crippen molar-refractivity contribution in [2.45, 2.75) is 38.6 Å². The smallest absolute Gasteiger partial charge is 0.00963 e. The summed E-state index contributed by atoms with van der Waals surface area (Å²) < 4.78 is 0. The van der Waals surface area contributed by atoms with E-state index in [1.165, 1.54) is 18.4 Å². The van der Waals surface area contributed by atoms with Crippen LogP contribution in [0.5, 0.6) is 0 Å². The van der Waals surface area contributed by atoms with Gasteiger partial charge in [-0.15, -0.1) is 0 Å². The number of rotatable bonds is 5. The largest absolute Gasteiger partial charge is 0.314 e. The minimum absolute atomic E-state index is 0.674. The maximum absolute atomic E-state index is 3.61. The highest BCUT2D eigenvalue weighted by atomic mass is 15.0. The molecule has 1 aromatic carbocycles. The van der Waals surface area contributed by atoms with Gasteiger partial charge in [0, 0.05) is 6.04 Å². The van der Waals surface area contributed by atoms with Crippen molar-refractivity contribution in [1.29, 1.82) is 0 Å². The highest BCUT2D eigenvalue weighted by Gasteiger charge is 2.31. The lowest BCUT2D eigenvalue weighted by atomic mass is 9.98. The van der Waals surface area contributed by atoms with Gasteiger partial charge in [0.2, 0.25) is 0 Å². The molecule has 0 bridgehead atoms. The van der Waals surface area contributed by atoms with Crippen LogP contribution < -0.4 is 5.32 Å². The summed E-state index contributed by atoms with van der Waals surface area (Å²) in [5.41, 5.74) is 1.46. The van der Waals surface area contributed by atoms with Crippen molar-refractivity contribution in [3.8, 4) is 0 Å². The third kappa shape index (κ3) is 3.07. The van der Waals surface area contributed by atoms with Crippen LogP contribution in [-0.2, 0) is 0 Å². The first kappa shape index (κ1) is 10.7. The summed E-state index contributed by atoms with van der Waals surface area (Å²) in [7, 11) is 0. The number of benzene rings is 1. The van der Waals surface area contributed by atoms with Gasteiger partial charge >= 0.3 is 0 Å². The van der Waals surface area contributed by atoms with Gasteiger partial charge in [-0.1, -0.05) is 44.2 Å². The Morgan fingerprint density at radius 1 is 1.33 bits per heavy atom. The highest BCUT2D eigenvalue weighted by Crippen LogP contribution is 2.29. The van der Waals surface area contributed by atoms with Crippen molar-refractivity contribution >= 4 is 0 Å². The van der Waals surface area contributed by atoms with Gasteiger partial charge in [0.05, 0.1) is 0 Å². The van der Waals surface area contributed by atoms with E-state index < -0.39 is 0 Å². The minimum atomic E-state index is 0.674. The van der Waals surface area contributed by atoms with E-state index in [0.717, 1.165) is 18.5 Å². The molecule has 1 N–H and O–H groups in total. The van der Waals surface area contributed by atoms with Crippen molar-refractivity contribution < 1.29 is 0 Å². The van der Waals surface area contributed by atoms with Gasteiger partial charge in [-0.2, -0.15) is 0 Å². The third-order valence-corrected chi connectivity index (χ3v) is 3.46. The zero-order valence-electron chi connectivity index (χ0n) is 9.74. The van der Waals surface area contributed by atoms with Crippen LogP contribution in [0.25, 0.3) is 0 Å². The molecular formula is C14H21N. The summed E-state index contributed by atoms with van der Waals surface area (Å²) in [5.74, 6) is 1.59. The van der Waals surface area contributed by atoms with Crippen LogP contribution in [0.15, 0.2) is 30.3 Å². The Labute approximate surface area is 92.9 Å². The van der Waals surface area contributed by atoms with Crippen LogP contribution in [-0.4, -0.2) is 12.6 Å². The van der Waals surface area contributed by atoms with Crippen LogP contribution in [0.2, 0.25) is 0 Å². The molecule has 1 aromatic rings. The maximum Gasteiger partial charge on any atom is 0.00963 e. The van der Waals surface area contributed by atoms with Crippen LogP contribution in [0, 0.1) is 5.92 Å². The summed E-state index contributed by atoms with van der Waals surface area (Å²) >= 11 is 0. The van der Waals surface area contributed by atoms with Crippen LogP contribution >= 0.6 is 0 Å². The fourth-order valence-electron chi connectivity index (χ4n) is 2.04. The second-order valence-electron chi connectivity index (χ2n) is 4.87. The van der Waals surface area contributed by atoms with Gasteiger partial charge in [-0.25, -0.2) is 0 Å². The standard InChI is InChI=1S/C14H21N/c1-11(13-6-4-3-5-7-13)8-9-15-14-10-12(14)2/h3-7,11-12,14-15H,8-10H2,1-2H3. The Kier molecular flexibility index (Phi) is 3.42. The normalized spacial score (nSPS) is 26.3. The lowest BCUT2D eigenvalue weighted by Gasteiger charge is -2.12. The SMILES string of the molecule is CC(CCNC1CC1C)c1ccccc1. The van der Waals surface area contributed by atoms with E-state index >= 15 is 0 Å². The molecule has 1 heteroatoms. The Bertz CT molecular complexity index is 293. The molecule has 0 saturated heterocycles. The molecule has 1 aliphatic rings. The van der Waals surface area contributed by atoms with Gasteiger partial charge in [0.1, 0.15) is 0 Å². The van der Waals surface area contributed by atoms with Crippen LogP contribution in [0.4, 0.5) is 0 Å². The highest BCUT2D eigenvalue weighted by molar-refractivity contribution is 5.18. The summed E-state index contributed by atoms with van der Waals surface area (Å²) in [6.45, 7) is 5.79. The molecule has 3 unspecified atom stereocenters. The topological polar surface area (TPSA) is 12.0 Å². The molecule has 1 aliphatic carbocycles. The summed E-state index contributed by atoms with van der Waals surface area (Å²) in [4.78, 5) is 0. The first-order chi connectivity index (χ1) is 7.27. The number of hydrogen-bond donors (Lipinski definition) is 1. The van der Waals surface area contributed by atoms with Crippen molar-refractivity contribution in [3.05, 3.63) is 35.9 Å². The Morgan fingerprint density at radius 3 is 2.60 bits per heavy atom. The number of hydrogen-bond acceptors (Lipinski definition) is 1. The van der Waals surface area contributed by atoms with Gasteiger partial charge in [0.25, 0.3) is 0 Å². The van der Waals surface area contributed by atoms with Gasteiger partial charge < -0.3 is 5.32 Å². The molecular weight excluding hydrogens is 182 g/mol. The fourth-order valence-corrected chi connectivity index (χ4v) is 2.04. The predicted octanol–water partition coefficient (Wildman–Crippen LogP) is 3.18. The molecule has 0 radical (unpaired) electrons. The molecule has 1 nitrogen and oxygen atoms in total. The van der Waals surface area contributed by atoms with Crippen LogP contribution in [0.1, 0.15) is 38.2 Å². The van der Waals surface area contributed by atoms with Gasteiger partial charge in [-0.3, -0.25) is 0 Å². The quantitative estimate of drug-likeness (QED) is 0.775. The van der Waals surface area contributed by atoms with E-state index in [9.17, 15) is 0 Å². The average molecular weight is 203 g/mol. The Balaban J connectivity index is 1.70. The zero-order valence-corrected chi connectivity index (χ0v) is 9.74. The van der Waals surface area contributed by atoms with Crippen molar-refractivity contribution in [3.63, 3.8) is 0 Å². The second-order valence-corrected chi connectivity index (χ2v) is 4.87. The molecule has 2 rings (SSSR count). The summed E-state index contributed by atoms with van der Waals surface area (Å²) in [6, 6.07) is 11.6. The zero-order chi connectivity index (χ0) is 10.7. The van der Waals surface area contributed by atoms with Crippen molar-refractivity contribution in [2.24, 2.45) is 5.92 Å². The van der Waals surface area contributed by atoms with Gasteiger partial charge in [0.15, 0.2) is 0 Å². The molecule has 0 amide bonds. The van der Waals surface area contributed by atoms with Gasteiger partial charge in [-0.05, 0) is 36.8 Å². The van der Waals surface area contributed by atoms with E-state index in [1.807, 2.05) is 0 Å². The Morgan fingerprint density at radius 2 is 2.00 bits per heavy atom. The molecule has 1 saturated carbocycles. The second kappa shape index (κ2) is 4.80. The van der Waals surface area contributed by atoms with Crippen molar-refractivity contribution in [1.82, 2.24) is 5.32 Å². The van der Waals surface area contributed by atoms with Crippen LogP contribution in [0.3, 0.4) is 0 Å². The molecule has 1 fully saturated rings. The summed E-state index contributed by atoms with van der Waals surface area (Å²) in [5, 5.41) is 3.61. The molecule has 0 spiro atoms. The third-order valence-electron chi connectivity index (χ3n) is 3.46. The first-order valence-corrected chi connectivity index (χ1v) is 6.05. The molecule has 82 valence electrons. The average Bonchev–Trinajstić information content (AvgIpc) is 2.96. The fraction of sp³-hybridized carbons (Fsp3) is 0.571. The van der Waals surface area contributed by atoms with E-state index in [0.29, 0.717) is 5.92 Å². The first-order valence-electron chi connectivity index (χ1n) is 6.05. The van der Waals surface area contributed by atoms with Crippen molar-refractivity contribution in [2.75, 3.05) is 6.54 Å². The Hall–Kier alpha value is -0.820. The lowest BCUT2D eigenvalue weighted by molar-refractivity contribution is 0.578.